The van der Waals surface area contributed by atoms with Crippen molar-refractivity contribution < 1.29 is 57.8 Å². The highest BCUT2D eigenvalue weighted by atomic mass is 32.2. The number of esters is 1. The Balaban J connectivity index is 0.000000205. The molecule has 6 aromatic carbocycles. The Kier molecular flexibility index (Phi) is 14.2. The minimum absolute atomic E-state index is 0.0544. The minimum Gasteiger partial charge on any atom is -0.461 e. The van der Waals surface area contributed by atoms with Crippen LogP contribution in [0.3, 0.4) is 0 Å². The first-order chi connectivity index (χ1) is 32.6. The maximum Gasteiger partial charge on any atom is 0.417 e. The van der Waals surface area contributed by atoms with E-state index in [-0.39, 0.29) is 50.6 Å². The van der Waals surface area contributed by atoms with Crippen LogP contribution in [0.15, 0.2) is 168 Å². The smallest absolute Gasteiger partial charge is 0.417 e. The fourth-order valence-electron chi connectivity index (χ4n) is 7.25. The van der Waals surface area contributed by atoms with E-state index in [1.54, 1.807) is 91.9 Å². The molecule has 356 valence electrons. The lowest BCUT2D eigenvalue weighted by molar-refractivity contribution is -0.137. The summed E-state index contributed by atoms with van der Waals surface area (Å²) in [4.78, 5) is 21.1. The molecule has 0 spiro atoms. The Morgan fingerprint density at radius 1 is 0.565 bits per heavy atom. The van der Waals surface area contributed by atoms with E-state index in [4.69, 9.17) is 4.74 Å². The van der Waals surface area contributed by atoms with Crippen LogP contribution in [0.25, 0.3) is 56.4 Å². The van der Waals surface area contributed by atoms with Gasteiger partial charge in [0.25, 0.3) is 0 Å². The van der Waals surface area contributed by atoms with Crippen LogP contribution in [0.5, 0.6) is 0 Å². The van der Waals surface area contributed by atoms with E-state index < -0.39 is 55.7 Å². The number of aromatic nitrogens is 4. The maximum atomic E-state index is 13.7. The standard InChI is InChI=1S/C26H21F3N2O4S.C24H19F3N2O3S/c1-3-35-25(32)23-16-31(24(30-23)21-9-4-5-10-22(21)26(27,28)29)19-13-11-17(12-14-19)18-7-6-8-20(15-18)36(2,33)34;1-33(31,32)20-6-4-5-17(13-20)16-9-11-19(12-10-16)29-14-18(15-30)28-23(29)21-7-2-3-8-22(21)24(25,26)27/h4-16H,3H2,1-2H3;2-14,30H,15H2,1H3. The summed E-state index contributed by atoms with van der Waals surface area (Å²) >= 11 is 0. The van der Waals surface area contributed by atoms with Gasteiger partial charge in [-0.25, -0.2) is 31.6 Å². The number of nitrogens with zero attached hydrogens (tertiary/aromatic N) is 4. The Morgan fingerprint density at radius 3 is 1.39 bits per heavy atom. The third kappa shape index (κ3) is 11.3. The van der Waals surface area contributed by atoms with Gasteiger partial charge in [-0.2, -0.15) is 26.3 Å². The monoisotopic (exact) mass is 986 g/mol. The minimum atomic E-state index is -4.63. The largest absolute Gasteiger partial charge is 0.461 e. The van der Waals surface area contributed by atoms with Gasteiger partial charge in [-0.15, -0.1) is 0 Å². The van der Waals surface area contributed by atoms with Crippen molar-refractivity contribution in [3.8, 4) is 56.4 Å². The molecule has 0 atom stereocenters. The highest BCUT2D eigenvalue weighted by Crippen LogP contribution is 2.39. The van der Waals surface area contributed by atoms with Crippen LogP contribution >= 0.6 is 0 Å². The number of hydrogen-bond donors (Lipinski definition) is 1. The molecule has 8 aromatic rings. The van der Waals surface area contributed by atoms with E-state index in [1.807, 2.05) is 0 Å². The Hall–Kier alpha value is -7.35. The lowest BCUT2D eigenvalue weighted by Gasteiger charge is -2.14. The van der Waals surface area contributed by atoms with Crippen LogP contribution in [0.4, 0.5) is 26.3 Å². The molecule has 69 heavy (non-hydrogen) atoms. The average molecular weight is 987 g/mol. The molecule has 0 unspecified atom stereocenters. The molecule has 0 fully saturated rings. The lowest BCUT2D eigenvalue weighted by atomic mass is 10.0. The summed E-state index contributed by atoms with van der Waals surface area (Å²) in [7, 11) is -6.76. The summed E-state index contributed by atoms with van der Waals surface area (Å²) < 4.78 is 137. The van der Waals surface area contributed by atoms with Gasteiger partial charge in [-0.1, -0.05) is 84.9 Å². The fraction of sp³-hybridized carbons (Fsp3) is 0.140. The lowest BCUT2D eigenvalue weighted by Crippen LogP contribution is -2.09. The van der Waals surface area contributed by atoms with Crippen molar-refractivity contribution in [1.82, 2.24) is 19.1 Å². The van der Waals surface area contributed by atoms with E-state index in [2.05, 4.69) is 9.97 Å². The van der Waals surface area contributed by atoms with Gasteiger partial charge in [0.15, 0.2) is 25.4 Å². The van der Waals surface area contributed by atoms with Crippen molar-refractivity contribution >= 4 is 25.6 Å². The van der Waals surface area contributed by atoms with Crippen LogP contribution in [0.2, 0.25) is 0 Å². The number of halogens is 6. The quantitative estimate of drug-likeness (QED) is 0.0986. The number of carbonyl (C=O) groups is 1. The van der Waals surface area contributed by atoms with Crippen molar-refractivity contribution in [2.75, 3.05) is 19.1 Å². The van der Waals surface area contributed by atoms with Crippen LogP contribution in [-0.2, 0) is 43.4 Å². The predicted octanol–water partition coefficient (Wildman–Crippen LogP) is 10.9. The van der Waals surface area contributed by atoms with Gasteiger partial charge in [0, 0.05) is 47.4 Å². The number of aliphatic hydroxyl groups is 1. The predicted molar refractivity (Wildman–Crippen MR) is 247 cm³/mol. The SMILES string of the molecule is CCOC(=O)c1cn(-c2ccc(-c3cccc(S(C)(=O)=O)c3)cc2)c(-c2ccccc2C(F)(F)F)n1.CS(=O)(=O)c1cccc(-c2ccc(-n3cc(CO)nc3-c3ccccc3C(F)(F)F)cc2)c1. The molecule has 0 aliphatic heterocycles. The van der Waals surface area contributed by atoms with Crippen molar-refractivity contribution in [3.05, 3.63) is 181 Å². The van der Waals surface area contributed by atoms with Crippen LogP contribution in [-0.4, -0.2) is 66.1 Å². The molecule has 19 heteroatoms. The van der Waals surface area contributed by atoms with Gasteiger partial charge in [-0.3, -0.25) is 9.13 Å². The molecule has 0 saturated carbocycles. The summed E-state index contributed by atoms with van der Waals surface area (Å²) in [6.45, 7) is 1.28. The highest BCUT2D eigenvalue weighted by Gasteiger charge is 2.36. The van der Waals surface area contributed by atoms with Crippen molar-refractivity contribution in [2.45, 2.75) is 35.7 Å². The number of sulfone groups is 2. The molecular formula is C50H40F6N4O7S2. The summed E-state index contributed by atoms with van der Waals surface area (Å²) in [5, 5.41) is 9.54. The fourth-order valence-corrected chi connectivity index (χ4v) is 8.59. The zero-order valence-electron chi connectivity index (χ0n) is 36.7. The Morgan fingerprint density at radius 2 is 0.986 bits per heavy atom. The number of imidazole rings is 2. The Bertz CT molecular complexity index is 3390. The molecule has 8 rings (SSSR count). The molecule has 0 radical (unpaired) electrons. The molecule has 0 aliphatic rings. The molecule has 0 amide bonds. The van der Waals surface area contributed by atoms with Crippen LogP contribution in [0.1, 0.15) is 34.2 Å². The van der Waals surface area contributed by atoms with Crippen molar-refractivity contribution in [1.29, 1.82) is 0 Å². The van der Waals surface area contributed by atoms with Gasteiger partial charge in [0.1, 0.15) is 11.6 Å². The molecule has 0 bridgehead atoms. The van der Waals surface area contributed by atoms with E-state index in [1.165, 1.54) is 70.1 Å². The molecule has 0 saturated heterocycles. The molecule has 2 heterocycles. The summed E-state index contributed by atoms with van der Waals surface area (Å²) in [5.41, 5.74) is 1.87. The zero-order chi connectivity index (χ0) is 49.9. The normalized spacial score (nSPS) is 12.0. The highest BCUT2D eigenvalue weighted by molar-refractivity contribution is 7.91. The third-order valence-electron chi connectivity index (χ3n) is 10.5. The second-order valence-electron chi connectivity index (χ2n) is 15.4. The van der Waals surface area contributed by atoms with Crippen molar-refractivity contribution in [3.63, 3.8) is 0 Å². The number of hydrogen-bond acceptors (Lipinski definition) is 9. The van der Waals surface area contributed by atoms with Crippen LogP contribution < -0.4 is 0 Å². The average Bonchev–Trinajstić information content (AvgIpc) is 3.97. The Labute approximate surface area is 392 Å². The topological polar surface area (TPSA) is 150 Å². The van der Waals surface area contributed by atoms with E-state index in [0.29, 0.717) is 28.1 Å². The van der Waals surface area contributed by atoms with E-state index in [0.717, 1.165) is 30.2 Å². The molecule has 0 aliphatic carbocycles. The second kappa shape index (κ2) is 19.7. The van der Waals surface area contributed by atoms with Gasteiger partial charge >= 0.3 is 18.3 Å². The third-order valence-corrected chi connectivity index (χ3v) is 12.8. The number of rotatable bonds is 11. The number of benzene rings is 6. The molecule has 11 nitrogen and oxygen atoms in total. The first-order valence-corrected chi connectivity index (χ1v) is 24.5. The first kappa shape index (κ1) is 49.6. The first-order valence-electron chi connectivity index (χ1n) is 20.7. The van der Waals surface area contributed by atoms with E-state index in [9.17, 15) is 53.1 Å². The van der Waals surface area contributed by atoms with Gasteiger partial charge in [-0.05, 0) is 89.8 Å². The molecule has 1 N–H and O–H groups in total. The summed E-state index contributed by atoms with van der Waals surface area (Å²) in [6, 6.07) is 36.7. The number of alkyl halides is 6. The second-order valence-corrected chi connectivity index (χ2v) is 19.4. The van der Waals surface area contributed by atoms with E-state index >= 15 is 0 Å². The van der Waals surface area contributed by atoms with Crippen LogP contribution in [0, 0.1) is 0 Å². The van der Waals surface area contributed by atoms with Gasteiger partial charge in [0.2, 0.25) is 0 Å². The number of aliphatic hydroxyl groups excluding tert-OH is 1. The summed E-state index contributed by atoms with van der Waals surface area (Å²) in [5.74, 6) is -0.771. The zero-order valence-corrected chi connectivity index (χ0v) is 38.3. The van der Waals surface area contributed by atoms with Crippen molar-refractivity contribution in [2.24, 2.45) is 0 Å². The summed E-state index contributed by atoms with van der Waals surface area (Å²) in [6.07, 6.45) is -4.13. The van der Waals surface area contributed by atoms with Gasteiger partial charge in [0.05, 0.1) is 39.8 Å². The number of carbonyl (C=O) groups excluding carboxylic acids is 1. The van der Waals surface area contributed by atoms with Gasteiger partial charge < -0.3 is 9.84 Å². The maximum absolute atomic E-state index is 13.7. The molecular weight excluding hydrogens is 947 g/mol. The number of ether oxygens (including phenoxy) is 1. The molecule has 2 aromatic heterocycles.